The number of hydrogen-bond donors (Lipinski definition) is 0. The zero-order valence-corrected chi connectivity index (χ0v) is 12.9. The summed E-state index contributed by atoms with van der Waals surface area (Å²) in [6, 6.07) is 8.68. The lowest BCUT2D eigenvalue weighted by Crippen LogP contribution is -2.50. The molecule has 0 aliphatic heterocycles. The Kier molecular flexibility index (Phi) is 4.02. The second-order valence-electron chi connectivity index (χ2n) is 5.20. The van der Waals surface area contributed by atoms with Crippen LogP contribution in [0.5, 0.6) is 0 Å². The molecule has 0 bridgehead atoms. The van der Waals surface area contributed by atoms with Gasteiger partial charge in [-0.25, -0.2) is 4.98 Å². The van der Waals surface area contributed by atoms with Crippen molar-refractivity contribution in [2.45, 2.75) is 18.0 Å². The maximum atomic E-state index is 14.3. The maximum absolute atomic E-state index is 14.3. The van der Waals surface area contributed by atoms with E-state index in [1.54, 1.807) is 11.4 Å². The number of para-hydroxylation sites is 1. The largest absolute Gasteiger partial charge is 0.460 e. The lowest BCUT2D eigenvalue weighted by molar-refractivity contribution is -0.359. The number of aromatic nitrogens is 1. The summed E-state index contributed by atoms with van der Waals surface area (Å²) in [7, 11) is 0. The number of nitrogens with zero attached hydrogens (tertiary/aromatic N) is 1. The molecule has 0 atom stereocenters. The number of halogens is 7. The standard InChI is InChI=1S/C16H8F7NS/c17-14(18,15(19,20)16(21,22)23)10-8-12(13-6-3-7-25-13)24-11-5-2-1-4-9(10)11/h1-8H. The minimum atomic E-state index is -6.40. The van der Waals surface area contributed by atoms with Crippen LogP contribution in [0.4, 0.5) is 30.7 Å². The molecule has 0 radical (unpaired) electrons. The topological polar surface area (TPSA) is 12.9 Å². The first-order chi connectivity index (χ1) is 11.6. The van der Waals surface area contributed by atoms with Crippen LogP contribution in [0.2, 0.25) is 0 Å². The molecule has 3 rings (SSSR count). The summed E-state index contributed by atoms with van der Waals surface area (Å²) < 4.78 is 93.2. The van der Waals surface area contributed by atoms with Gasteiger partial charge in [0.25, 0.3) is 0 Å². The van der Waals surface area contributed by atoms with Crippen LogP contribution < -0.4 is 0 Å². The summed E-state index contributed by atoms with van der Waals surface area (Å²) >= 11 is 1.10. The number of alkyl halides is 7. The van der Waals surface area contributed by atoms with Gasteiger partial charge in [0, 0.05) is 10.9 Å². The number of benzene rings is 1. The first-order valence-corrected chi connectivity index (χ1v) is 7.70. The molecule has 0 N–H and O–H groups in total. The number of thiophene rings is 1. The van der Waals surface area contributed by atoms with E-state index in [-0.39, 0.29) is 11.2 Å². The van der Waals surface area contributed by atoms with Crippen molar-refractivity contribution in [3.63, 3.8) is 0 Å². The highest BCUT2D eigenvalue weighted by molar-refractivity contribution is 7.13. The Hall–Kier alpha value is -2.16. The summed E-state index contributed by atoms with van der Waals surface area (Å²) in [5.74, 6) is -11.7. The quantitative estimate of drug-likeness (QED) is 0.490. The van der Waals surface area contributed by atoms with Crippen molar-refractivity contribution in [1.29, 1.82) is 0 Å². The Bertz CT molecular complexity index is 900. The molecule has 0 spiro atoms. The van der Waals surface area contributed by atoms with Crippen molar-refractivity contribution >= 4 is 22.2 Å². The van der Waals surface area contributed by atoms with E-state index < -0.39 is 29.0 Å². The molecule has 2 heterocycles. The fraction of sp³-hybridized carbons (Fsp3) is 0.188. The molecule has 25 heavy (non-hydrogen) atoms. The molecule has 0 fully saturated rings. The normalized spacial score (nSPS) is 13.4. The summed E-state index contributed by atoms with van der Waals surface area (Å²) in [4.78, 5) is 4.46. The zero-order chi connectivity index (χ0) is 18.5. The highest BCUT2D eigenvalue weighted by atomic mass is 32.1. The highest BCUT2D eigenvalue weighted by Gasteiger charge is 2.73. The van der Waals surface area contributed by atoms with Crippen LogP contribution in [0, 0.1) is 0 Å². The second-order valence-corrected chi connectivity index (χ2v) is 6.14. The number of pyridine rings is 1. The molecule has 0 aliphatic rings. The van der Waals surface area contributed by atoms with Crippen LogP contribution in [-0.4, -0.2) is 17.1 Å². The monoisotopic (exact) mass is 379 g/mol. The summed E-state index contributed by atoms with van der Waals surface area (Å²) in [5.41, 5.74) is -1.61. The van der Waals surface area contributed by atoms with Gasteiger partial charge in [0.05, 0.1) is 16.1 Å². The molecule has 3 aromatic rings. The predicted molar refractivity (Wildman–Crippen MR) is 80.0 cm³/mol. The minimum absolute atomic E-state index is 0.0960. The molecule has 1 nitrogen and oxygen atoms in total. The molecule has 9 heteroatoms. The van der Waals surface area contributed by atoms with Gasteiger partial charge in [-0.1, -0.05) is 24.3 Å². The van der Waals surface area contributed by atoms with Crippen LogP contribution in [0.1, 0.15) is 5.56 Å². The third-order valence-corrected chi connectivity index (χ3v) is 4.47. The van der Waals surface area contributed by atoms with Crippen molar-refractivity contribution in [1.82, 2.24) is 4.98 Å². The smallest absolute Gasteiger partial charge is 0.247 e. The van der Waals surface area contributed by atoms with Gasteiger partial charge < -0.3 is 0 Å². The Morgan fingerprint density at radius 1 is 0.840 bits per heavy atom. The maximum Gasteiger partial charge on any atom is 0.460 e. The second kappa shape index (κ2) is 5.69. The first kappa shape index (κ1) is 17.7. The average molecular weight is 379 g/mol. The molecule has 1 aromatic carbocycles. The number of fused-ring (bicyclic) bond motifs is 1. The molecular formula is C16H8F7NS. The zero-order valence-electron chi connectivity index (χ0n) is 12.1. The van der Waals surface area contributed by atoms with Crippen LogP contribution >= 0.6 is 11.3 Å². The van der Waals surface area contributed by atoms with Crippen molar-refractivity contribution in [2.75, 3.05) is 0 Å². The summed E-state index contributed by atoms with van der Waals surface area (Å²) in [6.45, 7) is 0. The van der Waals surface area contributed by atoms with Crippen LogP contribution in [0.25, 0.3) is 21.5 Å². The molecular weight excluding hydrogens is 371 g/mol. The van der Waals surface area contributed by atoms with Gasteiger partial charge in [-0.15, -0.1) is 11.3 Å². The van der Waals surface area contributed by atoms with E-state index in [1.807, 2.05) is 0 Å². The molecule has 0 amide bonds. The third-order valence-electron chi connectivity index (χ3n) is 3.58. The Morgan fingerprint density at radius 3 is 2.12 bits per heavy atom. The van der Waals surface area contributed by atoms with Gasteiger partial charge in [0.15, 0.2) is 0 Å². The van der Waals surface area contributed by atoms with E-state index in [1.165, 1.54) is 24.3 Å². The molecule has 2 aromatic heterocycles. The number of hydrogen-bond acceptors (Lipinski definition) is 2. The fourth-order valence-electron chi connectivity index (χ4n) is 2.33. The average Bonchev–Trinajstić information content (AvgIpc) is 3.07. The van der Waals surface area contributed by atoms with Crippen molar-refractivity contribution in [2.24, 2.45) is 0 Å². The summed E-state index contributed by atoms with van der Waals surface area (Å²) in [6.07, 6.45) is -6.40. The Morgan fingerprint density at radius 2 is 1.52 bits per heavy atom. The van der Waals surface area contributed by atoms with Gasteiger partial charge >= 0.3 is 18.0 Å². The lowest BCUT2D eigenvalue weighted by Gasteiger charge is -2.29. The minimum Gasteiger partial charge on any atom is -0.247 e. The van der Waals surface area contributed by atoms with E-state index in [0.717, 1.165) is 17.4 Å². The third kappa shape index (κ3) is 2.76. The Labute approximate surface area is 140 Å². The van der Waals surface area contributed by atoms with Gasteiger partial charge in [0.1, 0.15) is 0 Å². The first-order valence-electron chi connectivity index (χ1n) is 6.82. The molecule has 0 aliphatic carbocycles. The van der Waals surface area contributed by atoms with Crippen LogP contribution in [-0.2, 0) is 5.92 Å². The van der Waals surface area contributed by atoms with Crippen LogP contribution in [0.3, 0.4) is 0 Å². The number of rotatable bonds is 3. The van der Waals surface area contributed by atoms with Crippen molar-refractivity contribution < 1.29 is 30.7 Å². The van der Waals surface area contributed by atoms with Gasteiger partial charge in [-0.2, -0.15) is 30.7 Å². The highest BCUT2D eigenvalue weighted by Crippen LogP contribution is 2.53. The molecule has 132 valence electrons. The van der Waals surface area contributed by atoms with E-state index >= 15 is 0 Å². The van der Waals surface area contributed by atoms with Gasteiger partial charge in [-0.05, 0) is 23.6 Å². The van der Waals surface area contributed by atoms with Crippen molar-refractivity contribution in [3.05, 3.63) is 53.4 Å². The molecule has 0 saturated heterocycles. The lowest BCUT2D eigenvalue weighted by atomic mass is 9.96. The van der Waals surface area contributed by atoms with Gasteiger partial charge in [-0.3, -0.25) is 0 Å². The van der Waals surface area contributed by atoms with Crippen molar-refractivity contribution in [3.8, 4) is 10.6 Å². The van der Waals surface area contributed by atoms with E-state index in [9.17, 15) is 30.7 Å². The Balaban J connectivity index is 2.31. The SMILES string of the molecule is FC(F)(F)C(F)(F)C(F)(F)c1cc(-c2cccs2)nc2ccccc12. The van der Waals surface area contributed by atoms with E-state index in [0.29, 0.717) is 10.9 Å². The van der Waals surface area contributed by atoms with Gasteiger partial charge in [0.2, 0.25) is 0 Å². The van der Waals surface area contributed by atoms with E-state index in [2.05, 4.69) is 4.98 Å². The van der Waals surface area contributed by atoms with E-state index in [4.69, 9.17) is 0 Å². The molecule has 0 saturated carbocycles. The predicted octanol–water partition coefficient (Wildman–Crippen LogP) is 6.25. The fourth-order valence-corrected chi connectivity index (χ4v) is 3.02. The summed E-state index contributed by atoms with van der Waals surface area (Å²) in [5, 5.41) is 1.14. The molecule has 0 unspecified atom stereocenters. The van der Waals surface area contributed by atoms with Crippen LogP contribution in [0.15, 0.2) is 47.8 Å².